The Morgan fingerprint density at radius 1 is 0.970 bits per heavy atom. The maximum absolute atomic E-state index is 13.4. The van der Waals surface area contributed by atoms with Gasteiger partial charge < -0.3 is 19.3 Å². The Bertz CT molecular complexity index is 1040. The average molecular weight is 466 g/mol. The van der Waals surface area contributed by atoms with Crippen LogP contribution in [0.3, 0.4) is 0 Å². The van der Waals surface area contributed by atoms with E-state index in [0.29, 0.717) is 5.56 Å². The smallest absolute Gasteiger partial charge is 0.387 e. The van der Waals surface area contributed by atoms with Gasteiger partial charge in [-0.05, 0) is 48.9 Å². The second-order valence-electron chi connectivity index (χ2n) is 7.10. The lowest BCUT2D eigenvalue weighted by Crippen LogP contribution is -2.50. The third kappa shape index (κ3) is 6.24. The molecule has 10 heteroatoms. The van der Waals surface area contributed by atoms with Gasteiger partial charge in [0.25, 0.3) is 5.91 Å². The van der Waals surface area contributed by atoms with Crippen molar-refractivity contribution in [2.24, 2.45) is 0 Å². The van der Waals surface area contributed by atoms with Crippen LogP contribution in [0.25, 0.3) is 6.08 Å². The standard InChI is InChI=1S/C23H22F4N2O4/c1-2-32-20-13-15(3-7-19(20)33-23(26)27)4-8-21(30)28-9-11-29(12-10-28)22(31)16-5-6-17(24)18(25)14-16/h3-8,13-14,23H,2,9-12H2,1H3/b8-4+. The molecule has 0 N–H and O–H groups in total. The monoisotopic (exact) mass is 466 g/mol. The van der Waals surface area contributed by atoms with Crippen LogP contribution in [0.1, 0.15) is 22.8 Å². The zero-order chi connectivity index (χ0) is 24.0. The fourth-order valence-electron chi connectivity index (χ4n) is 3.30. The number of halogens is 4. The second-order valence-corrected chi connectivity index (χ2v) is 7.10. The summed E-state index contributed by atoms with van der Waals surface area (Å²) in [6.07, 6.45) is 2.86. The number of carbonyl (C=O) groups excluding carboxylic acids is 2. The molecule has 1 aliphatic heterocycles. The van der Waals surface area contributed by atoms with E-state index >= 15 is 0 Å². The Morgan fingerprint density at radius 3 is 2.30 bits per heavy atom. The molecule has 1 heterocycles. The molecule has 6 nitrogen and oxygen atoms in total. The molecule has 0 aromatic heterocycles. The van der Waals surface area contributed by atoms with Gasteiger partial charge in [-0.25, -0.2) is 8.78 Å². The molecule has 2 aromatic carbocycles. The highest BCUT2D eigenvalue weighted by Crippen LogP contribution is 2.30. The highest BCUT2D eigenvalue weighted by molar-refractivity contribution is 5.95. The number of hydrogen-bond acceptors (Lipinski definition) is 4. The molecule has 1 fully saturated rings. The molecule has 0 unspecified atom stereocenters. The molecule has 33 heavy (non-hydrogen) atoms. The van der Waals surface area contributed by atoms with Crippen LogP contribution in [0, 0.1) is 11.6 Å². The van der Waals surface area contributed by atoms with Crippen LogP contribution in [-0.2, 0) is 4.79 Å². The van der Waals surface area contributed by atoms with Crippen molar-refractivity contribution in [2.75, 3.05) is 32.8 Å². The Kier molecular flexibility index (Phi) is 7.92. The highest BCUT2D eigenvalue weighted by atomic mass is 19.3. The van der Waals surface area contributed by atoms with Gasteiger partial charge in [-0.1, -0.05) is 6.07 Å². The molecule has 176 valence electrons. The third-order valence-corrected chi connectivity index (χ3v) is 4.95. The Labute approximate surface area is 188 Å². The van der Waals surface area contributed by atoms with Crippen molar-refractivity contribution in [3.63, 3.8) is 0 Å². The number of hydrogen-bond donors (Lipinski definition) is 0. The maximum atomic E-state index is 13.4. The molecule has 0 atom stereocenters. The summed E-state index contributed by atoms with van der Waals surface area (Å²) in [5, 5.41) is 0. The summed E-state index contributed by atoms with van der Waals surface area (Å²) in [6, 6.07) is 7.31. The maximum Gasteiger partial charge on any atom is 0.387 e. The van der Waals surface area contributed by atoms with Crippen LogP contribution in [0.15, 0.2) is 42.5 Å². The summed E-state index contributed by atoms with van der Waals surface area (Å²) >= 11 is 0. The normalized spacial score (nSPS) is 14.1. The van der Waals surface area contributed by atoms with E-state index in [1.807, 2.05) is 0 Å². The van der Waals surface area contributed by atoms with Crippen molar-refractivity contribution in [1.29, 1.82) is 0 Å². The predicted octanol–water partition coefficient (Wildman–Crippen LogP) is 3.96. The number of alkyl halides is 2. The lowest BCUT2D eigenvalue weighted by Gasteiger charge is -2.34. The summed E-state index contributed by atoms with van der Waals surface area (Å²) in [5.41, 5.74) is 0.596. The summed E-state index contributed by atoms with van der Waals surface area (Å²) in [5.74, 6) is -2.82. The van der Waals surface area contributed by atoms with E-state index in [-0.39, 0.29) is 55.8 Å². The number of nitrogens with zero attached hydrogens (tertiary/aromatic N) is 2. The molecule has 0 saturated carbocycles. The van der Waals surface area contributed by atoms with Crippen LogP contribution in [0.4, 0.5) is 17.6 Å². The molecular formula is C23H22F4N2O4. The highest BCUT2D eigenvalue weighted by Gasteiger charge is 2.24. The summed E-state index contributed by atoms with van der Waals surface area (Å²) in [7, 11) is 0. The first-order chi connectivity index (χ1) is 15.8. The van der Waals surface area contributed by atoms with Gasteiger partial charge in [0.2, 0.25) is 5.91 Å². The van der Waals surface area contributed by atoms with Crippen LogP contribution < -0.4 is 9.47 Å². The van der Waals surface area contributed by atoms with Crippen LogP contribution in [0.5, 0.6) is 11.5 Å². The quantitative estimate of drug-likeness (QED) is 0.458. The number of carbonyl (C=O) groups is 2. The molecule has 1 saturated heterocycles. The van der Waals surface area contributed by atoms with Crippen molar-refractivity contribution >= 4 is 17.9 Å². The minimum absolute atomic E-state index is 0.0398. The molecule has 0 radical (unpaired) electrons. The minimum Gasteiger partial charge on any atom is -0.490 e. The Morgan fingerprint density at radius 2 is 1.67 bits per heavy atom. The summed E-state index contributed by atoms with van der Waals surface area (Å²) in [4.78, 5) is 28.0. The second kappa shape index (κ2) is 10.8. The molecular weight excluding hydrogens is 444 g/mol. The molecule has 1 aliphatic rings. The van der Waals surface area contributed by atoms with Crippen molar-refractivity contribution in [1.82, 2.24) is 9.80 Å². The number of rotatable bonds is 7. The number of ether oxygens (including phenoxy) is 2. The van der Waals surface area contributed by atoms with Gasteiger partial charge in [-0.2, -0.15) is 8.78 Å². The van der Waals surface area contributed by atoms with E-state index in [4.69, 9.17) is 4.74 Å². The Balaban J connectivity index is 1.59. The average Bonchev–Trinajstić information content (AvgIpc) is 2.80. The number of piperazine rings is 1. The van der Waals surface area contributed by atoms with Crippen molar-refractivity contribution < 1.29 is 36.6 Å². The van der Waals surface area contributed by atoms with E-state index in [1.165, 1.54) is 41.3 Å². The van der Waals surface area contributed by atoms with Gasteiger partial charge in [0, 0.05) is 37.8 Å². The molecule has 0 spiro atoms. The Hall–Kier alpha value is -3.56. The number of benzene rings is 2. The van der Waals surface area contributed by atoms with E-state index in [2.05, 4.69) is 4.74 Å². The molecule has 2 amide bonds. The first-order valence-corrected chi connectivity index (χ1v) is 10.2. The van der Waals surface area contributed by atoms with Gasteiger partial charge in [-0.3, -0.25) is 9.59 Å². The van der Waals surface area contributed by atoms with E-state index in [9.17, 15) is 27.2 Å². The topological polar surface area (TPSA) is 59.1 Å². The molecule has 2 aromatic rings. The first kappa shape index (κ1) is 24.1. The van der Waals surface area contributed by atoms with Gasteiger partial charge in [0.15, 0.2) is 23.1 Å². The summed E-state index contributed by atoms with van der Waals surface area (Å²) in [6.45, 7) is -0.0146. The predicted molar refractivity (Wildman–Crippen MR) is 112 cm³/mol. The van der Waals surface area contributed by atoms with Gasteiger partial charge in [0.05, 0.1) is 6.61 Å². The first-order valence-electron chi connectivity index (χ1n) is 10.2. The summed E-state index contributed by atoms with van der Waals surface area (Å²) < 4.78 is 61.2. The van der Waals surface area contributed by atoms with Gasteiger partial charge in [-0.15, -0.1) is 0 Å². The van der Waals surface area contributed by atoms with Crippen molar-refractivity contribution in [2.45, 2.75) is 13.5 Å². The third-order valence-electron chi connectivity index (χ3n) is 4.95. The van der Waals surface area contributed by atoms with Crippen molar-refractivity contribution in [3.05, 3.63) is 65.2 Å². The fourth-order valence-corrected chi connectivity index (χ4v) is 3.30. The van der Waals surface area contributed by atoms with Crippen LogP contribution in [-0.4, -0.2) is 61.0 Å². The van der Waals surface area contributed by atoms with E-state index < -0.39 is 24.2 Å². The SMILES string of the molecule is CCOc1cc(/C=C/C(=O)N2CCN(C(=O)c3ccc(F)c(F)c3)CC2)ccc1OC(F)F. The van der Waals surface area contributed by atoms with Crippen LogP contribution in [0.2, 0.25) is 0 Å². The van der Waals surface area contributed by atoms with Crippen LogP contribution >= 0.6 is 0 Å². The largest absolute Gasteiger partial charge is 0.490 e. The van der Waals surface area contributed by atoms with E-state index in [1.54, 1.807) is 11.8 Å². The zero-order valence-corrected chi connectivity index (χ0v) is 17.8. The fraction of sp³-hybridized carbons (Fsp3) is 0.304. The molecule has 0 aliphatic carbocycles. The molecule has 3 rings (SSSR count). The van der Waals surface area contributed by atoms with Gasteiger partial charge >= 0.3 is 6.61 Å². The van der Waals surface area contributed by atoms with E-state index in [0.717, 1.165) is 12.1 Å². The van der Waals surface area contributed by atoms with Gasteiger partial charge in [0.1, 0.15) is 0 Å². The minimum atomic E-state index is -2.99. The lowest BCUT2D eigenvalue weighted by atomic mass is 10.1. The zero-order valence-electron chi connectivity index (χ0n) is 17.8. The lowest BCUT2D eigenvalue weighted by molar-refractivity contribution is -0.127. The van der Waals surface area contributed by atoms with Crippen molar-refractivity contribution in [3.8, 4) is 11.5 Å². The number of amides is 2. The molecule has 0 bridgehead atoms.